The number of rotatable bonds is 10. The fraction of sp³-hybridized carbons (Fsp3) is 0.381. The minimum Gasteiger partial charge on any atom is -0.486 e. The zero-order chi connectivity index (χ0) is 20.7. The Bertz CT molecular complexity index is 945. The zero-order valence-corrected chi connectivity index (χ0v) is 17.0. The second kappa shape index (κ2) is 9.87. The van der Waals surface area contributed by atoms with E-state index in [0.29, 0.717) is 19.4 Å². The normalized spacial score (nSPS) is 13.3. The number of nitrogens with two attached hydrogens (primary N) is 1. The summed E-state index contributed by atoms with van der Waals surface area (Å²) in [5.74, 6) is 0.183. The Labute approximate surface area is 171 Å². The smallest absolute Gasteiger partial charge is 0.241 e. The first kappa shape index (κ1) is 21.3. The summed E-state index contributed by atoms with van der Waals surface area (Å²) in [6.45, 7) is 2.24. The Morgan fingerprint density at radius 3 is 2.55 bits per heavy atom. The lowest BCUT2D eigenvalue weighted by molar-refractivity contribution is 0.0977. The topological polar surface area (TPSA) is 108 Å². The maximum absolute atomic E-state index is 12.5. The molecule has 0 atom stereocenters. The van der Waals surface area contributed by atoms with E-state index in [2.05, 4.69) is 17.4 Å². The van der Waals surface area contributed by atoms with Crippen molar-refractivity contribution < 1.29 is 22.7 Å². The van der Waals surface area contributed by atoms with E-state index in [9.17, 15) is 13.2 Å². The van der Waals surface area contributed by atoms with Crippen LogP contribution in [0.15, 0.2) is 47.4 Å². The molecule has 29 heavy (non-hydrogen) atoms. The average Bonchev–Trinajstić information content (AvgIpc) is 2.72. The fourth-order valence-electron chi connectivity index (χ4n) is 3.18. The monoisotopic (exact) mass is 418 g/mol. The van der Waals surface area contributed by atoms with Crippen LogP contribution < -0.4 is 19.9 Å². The molecule has 0 spiro atoms. The van der Waals surface area contributed by atoms with Gasteiger partial charge in [-0.15, -0.1) is 0 Å². The van der Waals surface area contributed by atoms with E-state index in [1.54, 1.807) is 0 Å². The zero-order valence-electron chi connectivity index (χ0n) is 16.2. The van der Waals surface area contributed by atoms with Crippen molar-refractivity contribution in [3.63, 3.8) is 0 Å². The van der Waals surface area contributed by atoms with E-state index in [-0.39, 0.29) is 34.3 Å². The third kappa shape index (κ3) is 6.03. The molecule has 8 heteroatoms. The van der Waals surface area contributed by atoms with Crippen LogP contribution in [0.5, 0.6) is 11.5 Å². The molecule has 0 fully saturated rings. The molecular formula is C21H26N2O5S. The van der Waals surface area contributed by atoms with Gasteiger partial charge in [-0.1, -0.05) is 30.3 Å². The molecule has 1 heterocycles. The molecule has 7 nitrogen and oxygen atoms in total. The van der Waals surface area contributed by atoms with Gasteiger partial charge in [0, 0.05) is 12.0 Å². The van der Waals surface area contributed by atoms with E-state index in [1.165, 1.54) is 17.7 Å². The van der Waals surface area contributed by atoms with E-state index >= 15 is 0 Å². The van der Waals surface area contributed by atoms with Crippen molar-refractivity contribution >= 4 is 15.8 Å². The van der Waals surface area contributed by atoms with Gasteiger partial charge in [0.25, 0.3) is 0 Å². The largest absolute Gasteiger partial charge is 0.486 e. The van der Waals surface area contributed by atoms with E-state index in [4.69, 9.17) is 14.6 Å². The molecule has 2 aromatic carbocycles. The number of unbranched alkanes of at least 4 members (excludes halogenated alkanes) is 1. The number of fused-ring (bicyclic) bond motifs is 1. The molecule has 2 aromatic rings. The number of ketones is 1. The van der Waals surface area contributed by atoms with Gasteiger partial charge in [-0.05, 0) is 50.0 Å². The average molecular weight is 419 g/mol. The summed E-state index contributed by atoms with van der Waals surface area (Å²) in [5.41, 5.74) is 1.56. The minimum absolute atomic E-state index is 0.0814. The summed E-state index contributed by atoms with van der Waals surface area (Å²) < 4.78 is 34.6. The number of sulfonamides is 1. The first-order valence-corrected chi connectivity index (χ1v) is 11.2. The summed E-state index contributed by atoms with van der Waals surface area (Å²) >= 11 is 0. The Morgan fingerprint density at radius 1 is 1.03 bits per heavy atom. The van der Waals surface area contributed by atoms with Crippen LogP contribution in [-0.2, 0) is 16.4 Å². The third-order valence-electron chi connectivity index (χ3n) is 4.68. The van der Waals surface area contributed by atoms with Crippen molar-refractivity contribution in [2.75, 3.05) is 26.3 Å². The van der Waals surface area contributed by atoms with Crippen LogP contribution in [0.1, 0.15) is 35.2 Å². The molecule has 3 N–H and O–H groups in total. The van der Waals surface area contributed by atoms with Crippen molar-refractivity contribution in [2.24, 2.45) is 5.14 Å². The summed E-state index contributed by atoms with van der Waals surface area (Å²) in [6, 6.07) is 13.1. The summed E-state index contributed by atoms with van der Waals surface area (Å²) in [6.07, 6.45) is 2.85. The number of ether oxygens (including phenoxy) is 2. The standard InChI is InChI=1S/C21H26N2O5S/c22-29(25,26)20-15-17(14-19-21(20)28-13-12-27-19)18(24)8-4-5-10-23-11-9-16-6-2-1-3-7-16/h1-3,6-7,14-15,23H,4-5,8-13H2,(H2,22,25,26). The number of hydrogen-bond acceptors (Lipinski definition) is 6. The first-order valence-electron chi connectivity index (χ1n) is 9.69. The van der Waals surface area contributed by atoms with Crippen molar-refractivity contribution in [1.29, 1.82) is 0 Å². The fourth-order valence-corrected chi connectivity index (χ4v) is 3.89. The Hall–Kier alpha value is -2.42. The van der Waals surface area contributed by atoms with Gasteiger partial charge in [0.15, 0.2) is 17.3 Å². The molecule has 0 saturated heterocycles. The molecule has 0 saturated carbocycles. The van der Waals surface area contributed by atoms with Gasteiger partial charge < -0.3 is 14.8 Å². The molecule has 0 radical (unpaired) electrons. The number of nitrogens with one attached hydrogen (secondary N) is 1. The lowest BCUT2D eigenvalue weighted by Gasteiger charge is -2.21. The highest BCUT2D eigenvalue weighted by Crippen LogP contribution is 2.37. The number of carbonyl (C=O) groups is 1. The van der Waals surface area contributed by atoms with Gasteiger partial charge >= 0.3 is 0 Å². The molecule has 0 aliphatic carbocycles. The second-order valence-electron chi connectivity index (χ2n) is 6.91. The van der Waals surface area contributed by atoms with Gasteiger partial charge in [-0.25, -0.2) is 13.6 Å². The molecule has 0 amide bonds. The number of primary sulfonamides is 1. The van der Waals surface area contributed by atoms with Gasteiger partial charge in [0.1, 0.15) is 18.1 Å². The molecule has 1 aliphatic heterocycles. The first-order chi connectivity index (χ1) is 13.9. The van der Waals surface area contributed by atoms with E-state index in [1.807, 2.05) is 18.2 Å². The van der Waals surface area contributed by atoms with Crippen molar-refractivity contribution in [1.82, 2.24) is 5.32 Å². The third-order valence-corrected chi connectivity index (χ3v) is 5.59. The van der Waals surface area contributed by atoms with Gasteiger partial charge in [-0.3, -0.25) is 4.79 Å². The highest BCUT2D eigenvalue weighted by atomic mass is 32.2. The second-order valence-corrected chi connectivity index (χ2v) is 8.44. The minimum atomic E-state index is -4.03. The number of benzene rings is 2. The number of hydrogen-bond donors (Lipinski definition) is 2. The Morgan fingerprint density at radius 2 is 1.79 bits per heavy atom. The van der Waals surface area contributed by atoms with E-state index in [0.717, 1.165) is 25.9 Å². The van der Waals surface area contributed by atoms with Gasteiger partial charge in [-0.2, -0.15) is 0 Å². The van der Waals surface area contributed by atoms with Crippen molar-refractivity contribution in [3.8, 4) is 11.5 Å². The lowest BCUT2D eigenvalue weighted by atomic mass is 10.0. The maximum Gasteiger partial charge on any atom is 0.241 e. The van der Waals surface area contributed by atoms with Gasteiger partial charge in [0.05, 0.1) is 0 Å². The highest BCUT2D eigenvalue weighted by Gasteiger charge is 2.25. The van der Waals surface area contributed by atoms with Gasteiger partial charge in [0.2, 0.25) is 10.0 Å². The van der Waals surface area contributed by atoms with Crippen molar-refractivity contribution in [2.45, 2.75) is 30.6 Å². The van der Waals surface area contributed by atoms with Crippen LogP contribution in [0.25, 0.3) is 0 Å². The quantitative estimate of drug-likeness (QED) is 0.453. The molecule has 3 rings (SSSR count). The Kier molecular flexibility index (Phi) is 7.24. The molecule has 0 bridgehead atoms. The Balaban J connectivity index is 1.48. The number of Topliss-reactive ketones (excluding diaryl/α,β-unsaturated/α-hetero) is 1. The number of carbonyl (C=O) groups excluding carboxylic acids is 1. The molecule has 0 aromatic heterocycles. The van der Waals surface area contributed by atoms with E-state index < -0.39 is 10.0 Å². The van der Waals surface area contributed by atoms with Crippen LogP contribution in [0.2, 0.25) is 0 Å². The SMILES string of the molecule is NS(=O)(=O)c1cc(C(=O)CCCCNCCc2ccccc2)cc2c1OCCO2. The van der Waals surface area contributed by atoms with Crippen molar-refractivity contribution in [3.05, 3.63) is 53.6 Å². The predicted octanol–water partition coefficient (Wildman–Crippen LogP) is 2.29. The molecule has 0 unspecified atom stereocenters. The lowest BCUT2D eigenvalue weighted by Crippen LogP contribution is -2.21. The van der Waals surface area contributed by atoms with Crippen LogP contribution in [0.4, 0.5) is 0 Å². The molecular weight excluding hydrogens is 392 g/mol. The van der Waals surface area contributed by atoms with Crippen LogP contribution in [-0.4, -0.2) is 40.5 Å². The highest BCUT2D eigenvalue weighted by molar-refractivity contribution is 7.89. The summed E-state index contributed by atoms with van der Waals surface area (Å²) in [7, 11) is -4.03. The molecule has 156 valence electrons. The van der Waals surface area contributed by atoms with Crippen LogP contribution >= 0.6 is 0 Å². The van der Waals surface area contributed by atoms with Crippen LogP contribution in [0, 0.1) is 0 Å². The summed E-state index contributed by atoms with van der Waals surface area (Å²) in [5, 5.41) is 8.65. The summed E-state index contributed by atoms with van der Waals surface area (Å²) in [4.78, 5) is 12.3. The maximum atomic E-state index is 12.5. The van der Waals surface area contributed by atoms with Crippen LogP contribution in [0.3, 0.4) is 0 Å². The predicted molar refractivity (Wildman–Crippen MR) is 110 cm³/mol. The molecule has 1 aliphatic rings.